The first kappa shape index (κ1) is 28.1. The van der Waals surface area contributed by atoms with E-state index < -0.39 is 0 Å². The lowest BCUT2D eigenvalue weighted by Gasteiger charge is -2.26. The summed E-state index contributed by atoms with van der Waals surface area (Å²) in [5.74, 6) is 1.11. The van der Waals surface area contributed by atoms with Crippen LogP contribution in [-0.4, -0.2) is 9.55 Å². The van der Waals surface area contributed by atoms with Crippen molar-refractivity contribution in [1.82, 2.24) is 9.55 Å². The first-order chi connectivity index (χ1) is 23.3. The zero-order valence-electron chi connectivity index (χ0n) is 26.2. The number of fused-ring (bicyclic) bond motifs is 6. The molecule has 0 spiro atoms. The van der Waals surface area contributed by atoms with Crippen molar-refractivity contribution in [3.8, 4) is 21.1 Å². The van der Waals surface area contributed by atoms with Gasteiger partial charge in [0, 0.05) is 38.8 Å². The number of anilines is 3. The second-order valence-corrected chi connectivity index (χ2v) is 13.7. The summed E-state index contributed by atoms with van der Waals surface area (Å²) in [5.41, 5.74) is 7.07. The second-order valence-electron chi connectivity index (χ2n) is 12.6. The number of hydrogen-bond donors (Lipinski definition) is 0. The molecule has 0 N–H and O–H groups in total. The SMILES string of the molecule is c1ccc(N(c2ccccc2)c2ccc(-c3ccc(-c4nc5c6ccccc6c6ccccc6c5n4C4CCCCC4)s3)cc2)cc1. The Labute approximate surface area is 279 Å². The van der Waals surface area contributed by atoms with Crippen molar-refractivity contribution in [1.29, 1.82) is 0 Å². The number of rotatable bonds is 6. The summed E-state index contributed by atoms with van der Waals surface area (Å²) in [4.78, 5) is 10.3. The molecule has 2 aromatic heterocycles. The predicted molar refractivity (Wildman–Crippen MR) is 200 cm³/mol. The Morgan fingerprint density at radius 2 is 1.04 bits per heavy atom. The van der Waals surface area contributed by atoms with Gasteiger partial charge >= 0.3 is 0 Å². The molecule has 1 aliphatic rings. The molecule has 0 bridgehead atoms. The zero-order valence-corrected chi connectivity index (χ0v) is 27.0. The van der Waals surface area contributed by atoms with Crippen LogP contribution in [0.5, 0.6) is 0 Å². The second kappa shape index (κ2) is 11.9. The van der Waals surface area contributed by atoms with Crippen LogP contribution in [-0.2, 0) is 0 Å². The minimum absolute atomic E-state index is 0.458. The summed E-state index contributed by atoms with van der Waals surface area (Å²) in [6.45, 7) is 0. The number of para-hydroxylation sites is 2. The molecule has 0 aliphatic heterocycles. The van der Waals surface area contributed by atoms with Crippen molar-refractivity contribution in [2.75, 3.05) is 4.90 Å². The van der Waals surface area contributed by atoms with Gasteiger partial charge in [-0.2, -0.15) is 0 Å². The van der Waals surface area contributed by atoms with Crippen molar-refractivity contribution >= 4 is 61.0 Å². The molecule has 0 radical (unpaired) electrons. The van der Waals surface area contributed by atoms with E-state index in [0.29, 0.717) is 6.04 Å². The topological polar surface area (TPSA) is 21.1 Å². The highest BCUT2D eigenvalue weighted by Gasteiger charge is 2.26. The van der Waals surface area contributed by atoms with Gasteiger partial charge in [0.05, 0.1) is 15.9 Å². The van der Waals surface area contributed by atoms with Gasteiger partial charge in [-0.3, -0.25) is 0 Å². The predicted octanol–water partition coefficient (Wildman–Crippen LogP) is 12.7. The maximum absolute atomic E-state index is 5.51. The smallest absolute Gasteiger partial charge is 0.151 e. The lowest BCUT2D eigenvalue weighted by Crippen LogP contribution is -2.13. The average molecular weight is 626 g/mol. The highest BCUT2D eigenvalue weighted by atomic mass is 32.1. The van der Waals surface area contributed by atoms with Crippen molar-refractivity contribution in [3.63, 3.8) is 0 Å². The molecule has 1 fully saturated rings. The number of imidazole rings is 1. The molecule has 8 aromatic rings. The highest BCUT2D eigenvalue weighted by Crippen LogP contribution is 2.44. The fraction of sp³-hybridized carbons (Fsp3) is 0.140. The van der Waals surface area contributed by atoms with Crippen LogP contribution < -0.4 is 4.90 Å². The molecule has 6 aromatic carbocycles. The third kappa shape index (κ3) is 4.92. The van der Waals surface area contributed by atoms with E-state index in [1.165, 1.54) is 74.5 Å². The molecule has 1 aliphatic carbocycles. The summed E-state index contributed by atoms with van der Waals surface area (Å²) < 4.78 is 2.62. The van der Waals surface area contributed by atoms with Crippen LogP contribution in [0.15, 0.2) is 146 Å². The summed E-state index contributed by atoms with van der Waals surface area (Å²) in [5, 5.41) is 5.14. The Bertz CT molecular complexity index is 2290. The normalized spacial score (nSPS) is 13.9. The summed E-state index contributed by atoms with van der Waals surface area (Å²) >= 11 is 1.85. The van der Waals surface area contributed by atoms with E-state index in [0.717, 1.165) is 28.4 Å². The highest BCUT2D eigenvalue weighted by molar-refractivity contribution is 7.18. The van der Waals surface area contributed by atoms with Crippen LogP contribution in [0, 0.1) is 0 Å². The van der Waals surface area contributed by atoms with E-state index in [1.807, 2.05) is 11.3 Å². The fourth-order valence-electron chi connectivity index (χ4n) is 7.58. The molecule has 0 unspecified atom stereocenters. The fourth-order valence-corrected chi connectivity index (χ4v) is 8.58. The Hall–Kier alpha value is -5.19. The molecule has 0 saturated heterocycles. The number of thiophene rings is 1. The largest absolute Gasteiger partial charge is 0.320 e. The zero-order chi connectivity index (χ0) is 31.2. The lowest BCUT2D eigenvalue weighted by molar-refractivity contribution is 0.362. The van der Waals surface area contributed by atoms with Gasteiger partial charge in [-0.1, -0.05) is 116 Å². The molecular formula is C43H35N3S. The van der Waals surface area contributed by atoms with E-state index in [9.17, 15) is 0 Å². The Kier molecular flexibility index (Phi) is 7.09. The van der Waals surface area contributed by atoms with E-state index in [1.54, 1.807) is 0 Å². The molecule has 9 rings (SSSR count). The van der Waals surface area contributed by atoms with Crippen LogP contribution in [0.25, 0.3) is 53.7 Å². The van der Waals surface area contributed by atoms with E-state index in [2.05, 4.69) is 155 Å². The lowest BCUT2D eigenvalue weighted by atomic mass is 9.94. The first-order valence-corrected chi connectivity index (χ1v) is 17.6. The number of nitrogens with zero attached hydrogens (tertiary/aromatic N) is 3. The molecule has 3 nitrogen and oxygen atoms in total. The van der Waals surface area contributed by atoms with Gasteiger partial charge in [0.25, 0.3) is 0 Å². The van der Waals surface area contributed by atoms with Crippen LogP contribution in [0.3, 0.4) is 0 Å². The summed E-state index contributed by atoms with van der Waals surface area (Å²) in [7, 11) is 0. The van der Waals surface area contributed by atoms with Crippen molar-refractivity contribution in [2.45, 2.75) is 38.1 Å². The van der Waals surface area contributed by atoms with Crippen molar-refractivity contribution < 1.29 is 0 Å². The van der Waals surface area contributed by atoms with Crippen molar-refractivity contribution in [3.05, 3.63) is 146 Å². The average Bonchev–Trinajstić information content (AvgIpc) is 3.80. The molecule has 0 amide bonds. The van der Waals surface area contributed by atoms with E-state index in [-0.39, 0.29) is 0 Å². The summed E-state index contributed by atoms with van der Waals surface area (Å²) in [6, 6.07) is 52.9. The molecule has 4 heteroatoms. The third-order valence-corrected chi connectivity index (χ3v) is 10.9. The minimum atomic E-state index is 0.458. The number of benzene rings is 6. The summed E-state index contributed by atoms with van der Waals surface area (Å²) in [6.07, 6.45) is 6.30. The Balaban J connectivity index is 1.16. The quantitative estimate of drug-likeness (QED) is 0.171. The van der Waals surface area contributed by atoms with Gasteiger partial charge in [0.15, 0.2) is 5.82 Å². The van der Waals surface area contributed by atoms with Crippen molar-refractivity contribution in [2.24, 2.45) is 0 Å². The van der Waals surface area contributed by atoms with E-state index >= 15 is 0 Å². The molecular weight excluding hydrogens is 591 g/mol. The van der Waals surface area contributed by atoms with Crippen LogP contribution >= 0.6 is 11.3 Å². The minimum Gasteiger partial charge on any atom is -0.320 e. The maximum atomic E-state index is 5.51. The van der Waals surface area contributed by atoms with Gasteiger partial charge in [-0.15, -0.1) is 11.3 Å². The Morgan fingerprint density at radius 3 is 1.70 bits per heavy atom. The van der Waals surface area contributed by atoms with Gasteiger partial charge in [-0.05, 0) is 77.7 Å². The van der Waals surface area contributed by atoms with Gasteiger partial charge in [0.1, 0.15) is 0 Å². The standard InChI is InChI=1S/C43H35N3S/c1-4-14-31(15-5-1)45(32-16-6-2-7-17-32)34-26-24-30(25-27-34)39-28-29-40(47-39)43-44-41-37-22-12-10-20-35(37)36-21-11-13-23-38(36)42(41)46(43)33-18-8-3-9-19-33/h1-2,4-7,10-17,20-29,33H,3,8-9,18-19H2. The monoisotopic (exact) mass is 625 g/mol. The Morgan fingerprint density at radius 1 is 0.511 bits per heavy atom. The molecule has 228 valence electrons. The number of hydrogen-bond acceptors (Lipinski definition) is 3. The van der Waals surface area contributed by atoms with Gasteiger partial charge in [0.2, 0.25) is 0 Å². The van der Waals surface area contributed by atoms with E-state index in [4.69, 9.17) is 4.98 Å². The van der Waals surface area contributed by atoms with Gasteiger partial charge < -0.3 is 9.47 Å². The first-order valence-electron chi connectivity index (χ1n) is 16.8. The maximum Gasteiger partial charge on any atom is 0.151 e. The molecule has 47 heavy (non-hydrogen) atoms. The van der Waals surface area contributed by atoms with Crippen LogP contribution in [0.2, 0.25) is 0 Å². The number of aromatic nitrogens is 2. The van der Waals surface area contributed by atoms with Crippen LogP contribution in [0.4, 0.5) is 17.1 Å². The molecule has 1 saturated carbocycles. The van der Waals surface area contributed by atoms with Gasteiger partial charge in [-0.25, -0.2) is 4.98 Å². The molecule has 0 atom stereocenters. The van der Waals surface area contributed by atoms with Crippen LogP contribution in [0.1, 0.15) is 38.1 Å². The molecule has 2 heterocycles. The third-order valence-electron chi connectivity index (χ3n) is 9.77.